The molecule has 2 atom stereocenters. The molecule has 86 valence electrons. The van der Waals surface area contributed by atoms with Crippen LogP contribution in [0.5, 0.6) is 0 Å². The molecule has 3 rings (SSSR count). The van der Waals surface area contributed by atoms with Crippen LogP contribution in [-0.2, 0) is 4.74 Å². The van der Waals surface area contributed by atoms with Crippen molar-refractivity contribution in [3.05, 3.63) is 0 Å². The van der Waals surface area contributed by atoms with Gasteiger partial charge in [-0.2, -0.15) is 0 Å². The van der Waals surface area contributed by atoms with Gasteiger partial charge in [-0.3, -0.25) is 0 Å². The first kappa shape index (κ1) is 10.1. The van der Waals surface area contributed by atoms with Gasteiger partial charge < -0.3 is 15.4 Å². The molecule has 3 fully saturated rings. The molecule has 15 heavy (non-hydrogen) atoms. The molecule has 3 nitrogen and oxygen atoms in total. The maximum absolute atomic E-state index is 5.48. The summed E-state index contributed by atoms with van der Waals surface area (Å²) in [7, 11) is 0. The van der Waals surface area contributed by atoms with Crippen molar-refractivity contribution >= 4 is 0 Å². The molecule has 0 aromatic rings. The number of fused-ring (bicyclic) bond motifs is 1. The normalized spacial score (nSPS) is 40.0. The predicted octanol–water partition coefficient (Wildman–Crippen LogP) is 0.897. The lowest BCUT2D eigenvalue weighted by molar-refractivity contribution is 0.0360. The number of hydrogen-bond donors (Lipinski definition) is 2. The third-order valence-corrected chi connectivity index (χ3v) is 4.47. The second-order valence-corrected chi connectivity index (χ2v) is 5.47. The van der Waals surface area contributed by atoms with E-state index in [4.69, 9.17) is 4.74 Å². The van der Waals surface area contributed by atoms with Gasteiger partial charge in [-0.1, -0.05) is 6.42 Å². The predicted molar refractivity (Wildman–Crippen MR) is 59.9 cm³/mol. The molecule has 0 radical (unpaired) electrons. The first-order chi connectivity index (χ1) is 7.38. The van der Waals surface area contributed by atoms with Crippen LogP contribution >= 0.6 is 0 Å². The largest absolute Gasteiger partial charge is 0.381 e. The van der Waals surface area contributed by atoms with Crippen molar-refractivity contribution in [1.82, 2.24) is 10.6 Å². The average molecular weight is 210 g/mol. The molecular weight excluding hydrogens is 188 g/mol. The lowest BCUT2D eigenvalue weighted by Gasteiger charge is -2.39. The zero-order valence-corrected chi connectivity index (χ0v) is 9.43. The fourth-order valence-corrected chi connectivity index (χ4v) is 3.50. The van der Waals surface area contributed by atoms with Crippen molar-refractivity contribution in [1.29, 1.82) is 0 Å². The molecule has 0 amide bonds. The van der Waals surface area contributed by atoms with Gasteiger partial charge in [0.2, 0.25) is 0 Å². The van der Waals surface area contributed by atoms with Crippen molar-refractivity contribution in [3.8, 4) is 0 Å². The van der Waals surface area contributed by atoms with Crippen molar-refractivity contribution < 1.29 is 4.74 Å². The van der Waals surface area contributed by atoms with Crippen LogP contribution < -0.4 is 10.6 Å². The summed E-state index contributed by atoms with van der Waals surface area (Å²) in [5, 5.41) is 7.61. The van der Waals surface area contributed by atoms with Gasteiger partial charge in [0.15, 0.2) is 0 Å². The van der Waals surface area contributed by atoms with Crippen LogP contribution in [0.2, 0.25) is 0 Å². The summed E-state index contributed by atoms with van der Waals surface area (Å²) in [5.41, 5.74) is 0.349. The van der Waals surface area contributed by atoms with Crippen LogP contribution in [0, 0.1) is 5.92 Å². The Morgan fingerprint density at radius 2 is 2.00 bits per heavy atom. The highest BCUT2D eigenvalue weighted by Gasteiger charge is 2.40. The lowest BCUT2D eigenvalue weighted by atomic mass is 9.89. The van der Waals surface area contributed by atoms with Gasteiger partial charge in [0.25, 0.3) is 0 Å². The highest BCUT2D eigenvalue weighted by molar-refractivity contribution is 5.00. The lowest BCUT2D eigenvalue weighted by Crippen LogP contribution is -2.56. The van der Waals surface area contributed by atoms with E-state index in [0.29, 0.717) is 5.54 Å². The minimum atomic E-state index is 0.349. The van der Waals surface area contributed by atoms with E-state index < -0.39 is 0 Å². The molecule has 2 unspecified atom stereocenters. The van der Waals surface area contributed by atoms with Crippen LogP contribution in [0.3, 0.4) is 0 Å². The molecule has 1 saturated carbocycles. The Hall–Kier alpha value is -0.120. The fraction of sp³-hybridized carbons (Fsp3) is 1.00. The number of ether oxygens (including phenoxy) is 1. The van der Waals surface area contributed by atoms with E-state index in [1.165, 1.54) is 38.6 Å². The van der Waals surface area contributed by atoms with Gasteiger partial charge in [0, 0.05) is 31.3 Å². The number of rotatable bonds is 0. The van der Waals surface area contributed by atoms with E-state index in [-0.39, 0.29) is 0 Å². The topological polar surface area (TPSA) is 33.3 Å². The quantitative estimate of drug-likeness (QED) is 0.623. The maximum atomic E-state index is 5.48. The van der Waals surface area contributed by atoms with E-state index >= 15 is 0 Å². The minimum Gasteiger partial charge on any atom is -0.381 e. The van der Waals surface area contributed by atoms with E-state index in [1.54, 1.807) is 0 Å². The summed E-state index contributed by atoms with van der Waals surface area (Å²) < 4.78 is 5.48. The molecular formula is C12H22N2O. The van der Waals surface area contributed by atoms with Crippen molar-refractivity contribution in [2.24, 2.45) is 5.92 Å². The SMILES string of the molecule is C1CC2CNCC3(CCOCC3)NC2C1. The standard InChI is InChI=1S/C12H22N2O/c1-2-10-8-13-9-12(14-11(10)3-1)4-6-15-7-5-12/h10-11,13-14H,1-9H2. The maximum Gasteiger partial charge on any atom is 0.0484 e. The second-order valence-electron chi connectivity index (χ2n) is 5.47. The molecule has 2 aliphatic heterocycles. The summed E-state index contributed by atoms with van der Waals surface area (Å²) in [4.78, 5) is 0. The summed E-state index contributed by atoms with van der Waals surface area (Å²) in [6.07, 6.45) is 6.58. The summed E-state index contributed by atoms with van der Waals surface area (Å²) >= 11 is 0. The van der Waals surface area contributed by atoms with Crippen molar-refractivity contribution in [2.75, 3.05) is 26.3 Å². The van der Waals surface area contributed by atoms with E-state index in [1.807, 2.05) is 0 Å². The molecule has 0 aromatic carbocycles. The molecule has 1 aliphatic carbocycles. The highest BCUT2D eigenvalue weighted by atomic mass is 16.5. The number of nitrogens with one attached hydrogen (secondary N) is 2. The molecule has 0 aromatic heterocycles. The summed E-state index contributed by atoms with van der Waals surface area (Å²) in [5.74, 6) is 0.882. The Morgan fingerprint density at radius 3 is 2.87 bits per heavy atom. The third-order valence-electron chi connectivity index (χ3n) is 4.47. The van der Waals surface area contributed by atoms with E-state index in [0.717, 1.165) is 31.7 Å². The Balaban J connectivity index is 1.73. The van der Waals surface area contributed by atoms with Crippen LogP contribution in [0.15, 0.2) is 0 Å². The highest BCUT2D eigenvalue weighted by Crippen LogP contribution is 2.31. The Bertz CT molecular complexity index is 226. The second kappa shape index (κ2) is 4.04. The van der Waals surface area contributed by atoms with Crippen LogP contribution in [0.4, 0.5) is 0 Å². The molecule has 1 spiro atoms. The first-order valence-electron chi connectivity index (χ1n) is 6.44. The van der Waals surface area contributed by atoms with E-state index in [9.17, 15) is 0 Å². The van der Waals surface area contributed by atoms with Crippen molar-refractivity contribution in [3.63, 3.8) is 0 Å². The minimum absolute atomic E-state index is 0.349. The number of hydrogen-bond acceptors (Lipinski definition) is 3. The Morgan fingerprint density at radius 1 is 1.13 bits per heavy atom. The first-order valence-corrected chi connectivity index (χ1v) is 6.44. The van der Waals surface area contributed by atoms with Crippen LogP contribution in [-0.4, -0.2) is 37.9 Å². The zero-order valence-electron chi connectivity index (χ0n) is 9.43. The van der Waals surface area contributed by atoms with Crippen LogP contribution in [0.1, 0.15) is 32.1 Å². The summed E-state index contributed by atoms with van der Waals surface area (Å²) in [6, 6.07) is 0.776. The summed E-state index contributed by atoms with van der Waals surface area (Å²) in [6.45, 7) is 4.24. The molecule has 0 bridgehead atoms. The van der Waals surface area contributed by atoms with Gasteiger partial charge in [0.1, 0.15) is 0 Å². The Labute approximate surface area is 91.9 Å². The Kier molecular flexibility index (Phi) is 2.71. The van der Waals surface area contributed by atoms with Crippen LogP contribution in [0.25, 0.3) is 0 Å². The fourth-order valence-electron chi connectivity index (χ4n) is 3.50. The van der Waals surface area contributed by atoms with Gasteiger partial charge >= 0.3 is 0 Å². The zero-order chi connectivity index (χ0) is 10.1. The molecule has 2 saturated heterocycles. The average Bonchev–Trinajstić information content (AvgIpc) is 2.61. The third kappa shape index (κ3) is 1.93. The van der Waals surface area contributed by atoms with Crippen molar-refractivity contribution in [2.45, 2.75) is 43.7 Å². The van der Waals surface area contributed by atoms with E-state index in [2.05, 4.69) is 10.6 Å². The molecule has 2 heterocycles. The molecule has 3 heteroatoms. The molecule has 3 aliphatic rings. The van der Waals surface area contributed by atoms with Gasteiger partial charge in [-0.05, 0) is 38.1 Å². The molecule has 2 N–H and O–H groups in total. The van der Waals surface area contributed by atoms with Gasteiger partial charge in [-0.15, -0.1) is 0 Å². The van der Waals surface area contributed by atoms with Gasteiger partial charge in [-0.25, -0.2) is 0 Å². The smallest absolute Gasteiger partial charge is 0.0484 e. The monoisotopic (exact) mass is 210 g/mol. The van der Waals surface area contributed by atoms with Gasteiger partial charge in [0.05, 0.1) is 0 Å².